The molecule has 1 amide bonds. The molecular weight excluding hydrogens is 304 g/mol. The van der Waals surface area contributed by atoms with Crippen LogP contribution in [0.15, 0.2) is 30.3 Å². The lowest BCUT2D eigenvalue weighted by Crippen LogP contribution is -2.53. The number of likely N-dealkylation sites (tertiary alicyclic amines) is 1. The number of nitrogens with zero attached hydrogens (tertiary/aromatic N) is 1. The Labute approximate surface area is 144 Å². The van der Waals surface area contributed by atoms with Crippen molar-refractivity contribution in [1.29, 1.82) is 0 Å². The third kappa shape index (κ3) is 3.42. The maximum atomic E-state index is 12.5. The molecule has 2 N–H and O–H groups in total. The molecule has 4 atom stereocenters. The molecule has 0 bridgehead atoms. The summed E-state index contributed by atoms with van der Waals surface area (Å²) in [6, 6.07) is 9.59. The van der Waals surface area contributed by atoms with Crippen LogP contribution in [0.25, 0.3) is 0 Å². The smallest absolute Gasteiger partial charge is 0.240 e. The van der Waals surface area contributed by atoms with E-state index in [0.717, 1.165) is 38.0 Å². The number of benzene rings is 1. The zero-order valence-corrected chi connectivity index (χ0v) is 14.6. The van der Waals surface area contributed by atoms with Gasteiger partial charge in [-0.3, -0.25) is 9.69 Å². The highest BCUT2D eigenvalue weighted by Gasteiger charge is 2.42. The number of hydrogen-bond acceptors (Lipinski definition) is 4. The Bertz CT molecular complexity index is 565. The number of carbonyl (C=O) groups is 1. The summed E-state index contributed by atoms with van der Waals surface area (Å²) in [7, 11) is 2.00. The Morgan fingerprint density at radius 2 is 2.12 bits per heavy atom. The summed E-state index contributed by atoms with van der Waals surface area (Å²) in [6.07, 6.45) is 2.89. The van der Waals surface area contributed by atoms with Crippen LogP contribution in [0.2, 0.25) is 0 Å². The Balaban J connectivity index is 1.51. The summed E-state index contributed by atoms with van der Waals surface area (Å²) in [5.41, 5.74) is -0.413. The van der Waals surface area contributed by atoms with Gasteiger partial charge in [-0.2, -0.15) is 0 Å². The minimum atomic E-state index is -0.542. The van der Waals surface area contributed by atoms with Crippen LogP contribution in [0.1, 0.15) is 32.6 Å². The maximum absolute atomic E-state index is 12.5. The van der Waals surface area contributed by atoms with Crippen LogP contribution in [0.3, 0.4) is 0 Å². The van der Waals surface area contributed by atoms with E-state index in [9.17, 15) is 9.90 Å². The number of hydrogen-bond donors (Lipinski definition) is 2. The molecule has 1 aliphatic heterocycles. The van der Waals surface area contributed by atoms with Gasteiger partial charge in [0.05, 0.1) is 11.6 Å². The highest BCUT2D eigenvalue weighted by atomic mass is 16.5. The van der Waals surface area contributed by atoms with Crippen LogP contribution in [0.5, 0.6) is 5.75 Å². The van der Waals surface area contributed by atoms with Crippen LogP contribution >= 0.6 is 0 Å². The van der Waals surface area contributed by atoms with Crippen molar-refractivity contribution in [2.24, 2.45) is 5.92 Å². The number of para-hydroxylation sites is 1. The van der Waals surface area contributed by atoms with E-state index in [1.807, 2.05) is 44.3 Å². The molecule has 132 valence electrons. The number of ether oxygens (including phenoxy) is 1. The number of amides is 1. The van der Waals surface area contributed by atoms with Crippen molar-refractivity contribution in [3.63, 3.8) is 0 Å². The summed E-state index contributed by atoms with van der Waals surface area (Å²) >= 11 is 0. The molecule has 1 saturated heterocycles. The quantitative estimate of drug-likeness (QED) is 0.863. The lowest BCUT2D eigenvalue weighted by molar-refractivity contribution is -0.130. The number of carbonyl (C=O) groups excluding carboxylic acids is 1. The monoisotopic (exact) mass is 332 g/mol. The van der Waals surface area contributed by atoms with Gasteiger partial charge in [-0.05, 0) is 58.3 Å². The van der Waals surface area contributed by atoms with E-state index >= 15 is 0 Å². The molecule has 5 heteroatoms. The first-order valence-electron chi connectivity index (χ1n) is 8.90. The molecule has 1 aromatic carbocycles. The predicted molar refractivity (Wildman–Crippen MR) is 92.9 cm³/mol. The van der Waals surface area contributed by atoms with E-state index in [0.29, 0.717) is 6.54 Å². The minimum absolute atomic E-state index is 0.0537. The van der Waals surface area contributed by atoms with Gasteiger partial charge in [-0.15, -0.1) is 0 Å². The molecule has 2 aliphatic rings. The van der Waals surface area contributed by atoms with Gasteiger partial charge in [0.2, 0.25) is 5.91 Å². The second kappa shape index (κ2) is 7.11. The van der Waals surface area contributed by atoms with Gasteiger partial charge in [0.1, 0.15) is 11.9 Å². The number of aliphatic hydroxyl groups excluding tert-OH is 1. The molecule has 5 nitrogen and oxygen atoms in total. The predicted octanol–water partition coefficient (Wildman–Crippen LogP) is 1.81. The lowest BCUT2D eigenvalue weighted by Gasteiger charge is -2.31. The van der Waals surface area contributed by atoms with E-state index in [1.54, 1.807) is 0 Å². The van der Waals surface area contributed by atoms with Crippen molar-refractivity contribution in [2.45, 2.75) is 50.4 Å². The fourth-order valence-corrected chi connectivity index (χ4v) is 3.85. The molecule has 3 rings (SSSR count). The van der Waals surface area contributed by atoms with Crippen LogP contribution in [0.4, 0.5) is 0 Å². The van der Waals surface area contributed by atoms with Crippen molar-refractivity contribution in [1.82, 2.24) is 10.2 Å². The molecule has 1 heterocycles. The SMILES string of the molecule is CN1CCC[C@@]1(C)C(=O)NC[C@H]1CC[C@@H](Oc2ccccc2)[C@@H]1O. The fourth-order valence-electron chi connectivity index (χ4n) is 3.85. The van der Waals surface area contributed by atoms with Crippen molar-refractivity contribution in [2.75, 3.05) is 20.1 Å². The van der Waals surface area contributed by atoms with E-state index in [2.05, 4.69) is 10.2 Å². The standard InChI is InChI=1S/C19H28N2O3/c1-19(11-6-12-21(19)2)18(23)20-13-14-9-10-16(17(14)22)24-15-7-4-3-5-8-15/h3-5,7-8,14,16-17,22H,6,9-13H2,1-2H3,(H,20,23)/t14-,16-,17-,19+/m1/s1. The summed E-state index contributed by atoms with van der Waals surface area (Å²) in [4.78, 5) is 14.7. The van der Waals surface area contributed by atoms with E-state index in [1.165, 1.54) is 0 Å². The van der Waals surface area contributed by atoms with Crippen LogP contribution < -0.4 is 10.1 Å². The summed E-state index contributed by atoms with van der Waals surface area (Å²) in [6.45, 7) is 3.47. The molecule has 0 spiro atoms. The minimum Gasteiger partial charge on any atom is -0.488 e. The van der Waals surface area contributed by atoms with Crippen molar-refractivity contribution in [3.05, 3.63) is 30.3 Å². The van der Waals surface area contributed by atoms with E-state index < -0.39 is 11.6 Å². The average molecular weight is 332 g/mol. The maximum Gasteiger partial charge on any atom is 0.240 e. The zero-order chi connectivity index (χ0) is 17.2. The fraction of sp³-hybridized carbons (Fsp3) is 0.632. The second-order valence-corrected chi connectivity index (χ2v) is 7.31. The van der Waals surface area contributed by atoms with Gasteiger partial charge in [0, 0.05) is 12.5 Å². The summed E-state index contributed by atoms with van der Waals surface area (Å²) < 4.78 is 5.89. The van der Waals surface area contributed by atoms with Gasteiger partial charge in [-0.1, -0.05) is 18.2 Å². The molecule has 2 fully saturated rings. The average Bonchev–Trinajstić information content (AvgIpc) is 3.11. The molecule has 0 aromatic heterocycles. The Hall–Kier alpha value is -1.59. The van der Waals surface area contributed by atoms with Crippen LogP contribution in [0, 0.1) is 5.92 Å². The third-order valence-corrected chi connectivity index (χ3v) is 5.73. The second-order valence-electron chi connectivity index (χ2n) is 7.31. The third-order valence-electron chi connectivity index (χ3n) is 5.73. The molecule has 0 unspecified atom stereocenters. The molecule has 24 heavy (non-hydrogen) atoms. The van der Waals surface area contributed by atoms with E-state index in [-0.39, 0.29) is 17.9 Å². The Morgan fingerprint density at radius 1 is 1.38 bits per heavy atom. The first-order valence-corrected chi connectivity index (χ1v) is 8.90. The Morgan fingerprint density at radius 3 is 2.79 bits per heavy atom. The van der Waals surface area contributed by atoms with Gasteiger partial charge in [-0.25, -0.2) is 0 Å². The van der Waals surface area contributed by atoms with Crippen molar-refractivity contribution < 1.29 is 14.6 Å². The highest BCUT2D eigenvalue weighted by molar-refractivity contribution is 5.86. The first-order chi connectivity index (χ1) is 11.5. The molecule has 1 saturated carbocycles. The number of rotatable bonds is 5. The van der Waals surface area contributed by atoms with Gasteiger partial charge in [0.25, 0.3) is 0 Å². The van der Waals surface area contributed by atoms with E-state index in [4.69, 9.17) is 4.74 Å². The summed E-state index contributed by atoms with van der Waals surface area (Å²) in [5, 5.41) is 13.6. The zero-order valence-electron chi connectivity index (χ0n) is 14.6. The van der Waals surface area contributed by atoms with Crippen molar-refractivity contribution >= 4 is 5.91 Å². The molecule has 0 radical (unpaired) electrons. The van der Waals surface area contributed by atoms with Gasteiger partial charge >= 0.3 is 0 Å². The van der Waals surface area contributed by atoms with Gasteiger partial charge in [0.15, 0.2) is 0 Å². The summed E-state index contributed by atoms with van der Waals surface area (Å²) in [5.74, 6) is 0.909. The highest BCUT2D eigenvalue weighted by Crippen LogP contribution is 2.31. The van der Waals surface area contributed by atoms with Crippen molar-refractivity contribution in [3.8, 4) is 5.75 Å². The molecule has 1 aliphatic carbocycles. The van der Waals surface area contributed by atoms with Crippen LogP contribution in [-0.2, 0) is 4.79 Å². The number of aliphatic hydroxyl groups is 1. The number of likely N-dealkylation sites (N-methyl/N-ethyl adjacent to an activating group) is 1. The van der Waals surface area contributed by atoms with Gasteiger partial charge < -0.3 is 15.2 Å². The lowest BCUT2D eigenvalue weighted by atomic mass is 9.97. The first kappa shape index (κ1) is 17.2. The largest absolute Gasteiger partial charge is 0.488 e. The Kier molecular flexibility index (Phi) is 5.11. The topological polar surface area (TPSA) is 61.8 Å². The molecular formula is C19H28N2O3. The normalized spacial score (nSPS) is 33.5. The number of nitrogens with one attached hydrogen (secondary N) is 1. The van der Waals surface area contributed by atoms with Crippen LogP contribution in [-0.4, -0.2) is 53.8 Å². The molecule has 1 aromatic rings.